The van der Waals surface area contributed by atoms with Crippen LogP contribution < -0.4 is 0 Å². The molecule has 0 aromatic rings. The molecule has 0 atom stereocenters. The van der Waals surface area contributed by atoms with E-state index in [1.54, 1.807) is 0 Å². The summed E-state index contributed by atoms with van der Waals surface area (Å²) in [5, 5.41) is 2.74. The quantitative estimate of drug-likeness (QED) is 0.186. The molecule has 18 heavy (non-hydrogen) atoms. The Morgan fingerprint density at radius 3 is 1.61 bits per heavy atom. The van der Waals surface area contributed by atoms with Crippen molar-refractivity contribution < 1.29 is 0 Å². The first-order valence-electron chi connectivity index (χ1n) is 8.10. The number of hydrogen-bond acceptors (Lipinski definition) is 0. The van der Waals surface area contributed by atoms with Gasteiger partial charge in [0, 0.05) is 0 Å². The van der Waals surface area contributed by atoms with Gasteiger partial charge in [0.15, 0.2) is 0 Å². The van der Waals surface area contributed by atoms with E-state index in [-0.39, 0.29) is 0 Å². The smallest absolute Gasteiger partial charge is 0.0654 e. The van der Waals surface area contributed by atoms with Crippen LogP contribution in [0, 0.1) is 0 Å². The Labute approximate surface area is 122 Å². The normalized spacial score (nSPS) is 10.7. The van der Waals surface area contributed by atoms with E-state index in [4.69, 9.17) is 0 Å². The molecule has 0 aliphatic carbocycles. The van der Waals surface area contributed by atoms with Crippen molar-refractivity contribution in [3.8, 4) is 0 Å². The molecular weight excluding hydrogens is 283 g/mol. The number of hydrogen-bond donors (Lipinski definition) is 0. The molecule has 0 fully saturated rings. The standard InChI is InChI=1S/C17H34Se/c1-3-5-6-7-8-9-10-11-12-13-14-15-17-18-16-4-2/h4H,2-3,5-17H2,1H3. The first kappa shape index (κ1) is 18.3. The van der Waals surface area contributed by atoms with Gasteiger partial charge >= 0.3 is 109 Å². The molecule has 0 aliphatic heterocycles. The van der Waals surface area contributed by atoms with Crippen LogP contribution in [0.3, 0.4) is 0 Å². The molecule has 0 saturated heterocycles. The fourth-order valence-electron chi connectivity index (χ4n) is 2.21. The van der Waals surface area contributed by atoms with Gasteiger partial charge in [0.1, 0.15) is 0 Å². The van der Waals surface area contributed by atoms with Crippen LogP contribution in [-0.4, -0.2) is 15.0 Å². The summed E-state index contributed by atoms with van der Waals surface area (Å²) in [7, 11) is 0. The second kappa shape index (κ2) is 17.3. The van der Waals surface area contributed by atoms with Crippen LogP contribution in [0.4, 0.5) is 0 Å². The molecule has 0 aliphatic rings. The SMILES string of the molecule is C=CC[Se]CCCCCCCCCCCCCC. The molecule has 0 aromatic carbocycles. The van der Waals surface area contributed by atoms with Gasteiger partial charge in [-0.25, -0.2) is 0 Å². The molecule has 0 spiro atoms. The second-order valence-electron chi connectivity index (χ2n) is 5.25. The molecule has 0 saturated carbocycles. The van der Waals surface area contributed by atoms with Crippen molar-refractivity contribution >= 4 is 15.0 Å². The minimum absolute atomic E-state index is 0.847. The van der Waals surface area contributed by atoms with Gasteiger partial charge in [0.2, 0.25) is 0 Å². The zero-order valence-electron chi connectivity index (χ0n) is 12.6. The molecule has 0 N–H and O–H groups in total. The molecule has 0 aromatic heterocycles. The fraction of sp³-hybridized carbons (Fsp3) is 0.882. The Kier molecular flexibility index (Phi) is 17.5. The molecule has 0 heterocycles. The Morgan fingerprint density at radius 2 is 1.17 bits per heavy atom. The first-order valence-corrected chi connectivity index (χ1v) is 10.5. The third-order valence-electron chi connectivity index (χ3n) is 3.38. The molecule has 0 nitrogen and oxygen atoms in total. The molecule has 0 amide bonds. The van der Waals surface area contributed by atoms with E-state index in [0.717, 1.165) is 15.0 Å². The average molecular weight is 317 g/mol. The van der Waals surface area contributed by atoms with Crippen LogP contribution in [0.2, 0.25) is 10.6 Å². The van der Waals surface area contributed by atoms with Crippen molar-refractivity contribution in [3.05, 3.63) is 12.7 Å². The van der Waals surface area contributed by atoms with Crippen LogP contribution >= 0.6 is 0 Å². The maximum absolute atomic E-state index is 3.78. The molecule has 0 bridgehead atoms. The van der Waals surface area contributed by atoms with E-state index >= 15 is 0 Å². The zero-order valence-corrected chi connectivity index (χ0v) is 14.3. The van der Waals surface area contributed by atoms with Crippen LogP contribution in [0.25, 0.3) is 0 Å². The van der Waals surface area contributed by atoms with Crippen molar-refractivity contribution in [2.45, 2.75) is 94.6 Å². The van der Waals surface area contributed by atoms with Gasteiger partial charge in [-0.15, -0.1) is 0 Å². The zero-order chi connectivity index (χ0) is 13.3. The van der Waals surface area contributed by atoms with Gasteiger partial charge in [-0.2, -0.15) is 0 Å². The summed E-state index contributed by atoms with van der Waals surface area (Å²) < 4.78 is 0. The predicted molar refractivity (Wildman–Crippen MR) is 86.6 cm³/mol. The minimum Gasteiger partial charge on any atom is -0.0654 e. The number of rotatable bonds is 15. The first-order chi connectivity index (χ1) is 8.91. The summed E-state index contributed by atoms with van der Waals surface area (Å²) in [4.78, 5) is 0. The van der Waals surface area contributed by atoms with Crippen LogP contribution in [0.15, 0.2) is 12.7 Å². The predicted octanol–water partition coefficient (Wildman–Crippen LogP) is 6.41. The summed E-state index contributed by atoms with van der Waals surface area (Å²) in [6.07, 6.45) is 19.6. The third-order valence-corrected chi connectivity index (χ3v) is 5.58. The third kappa shape index (κ3) is 16.3. The van der Waals surface area contributed by atoms with E-state index in [0.29, 0.717) is 0 Å². The van der Waals surface area contributed by atoms with Crippen molar-refractivity contribution in [1.29, 1.82) is 0 Å². The maximum atomic E-state index is 3.78. The van der Waals surface area contributed by atoms with E-state index < -0.39 is 0 Å². The van der Waals surface area contributed by atoms with Crippen LogP contribution in [-0.2, 0) is 0 Å². The fourth-order valence-corrected chi connectivity index (χ4v) is 3.77. The van der Waals surface area contributed by atoms with Crippen LogP contribution in [0.1, 0.15) is 84.0 Å². The monoisotopic (exact) mass is 318 g/mol. The number of allylic oxidation sites excluding steroid dienone is 1. The van der Waals surface area contributed by atoms with Gasteiger partial charge in [-0.05, 0) is 0 Å². The minimum atomic E-state index is 0.847. The topological polar surface area (TPSA) is 0 Å². The van der Waals surface area contributed by atoms with Crippen molar-refractivity contribution in [2.24, 2.45) is 0 Å². The van der Waals surface area contributed by atoms with E-state index in [9.17, 15) is 0 Å². The summed E-state index contributed by atoms with van der Waals surface area (Å²) in [5.41, 5.74) is 0. The summed E-state index contributed by atoms with van der Waals surface area (Å²) >= 11 is 0.847. The Hall–Kier alpha value is 0.259. The van der Waals surface area contributed by atoms with Gasteiger partial charge in [-0.1, -0.05) is 13.3 Å². The summed E-state index contributed by atoms with van der Waals surface area (Å²) in [6, 6.07) is 0. The van der Waals surface area contributed by atoms with E-state index in [1.165, 1.54) is 87.7 Å². The van der Waals surface area contributed by atoms with Gasteiger partial charge in [0.05, 0.1) is 0 Å². The van der Waals surface area contributed by atoms with Gasteiger partial charge < -0.3 is 0 Å². The Bertz CT molecular complexity index is 154. The van der Waals surface area contributed by atoms with Gasteiger partial charge in [-0.3, -0.25) is 0 Å². The number of unbranched alkanes of at least 4 members (excludes halogenated alkanes) is 11. The molecule has 1 heteroatoms. The molecule has 0 unspecified atom stereocenters. The Balaban J connectivity index is 2.88. The van der Waals surface area contributed by atoms with Crippen molar-refractivity contribution in [3.63, 3.8) is 0 Å². The van der Waals surface area contributed by atoms with Crippen molar-refractivity contribution in [1.82, 2.24) is 0 Å². The van der Waals surface area contributed by atoms with E-state index in [2.05, 4.69) is 19.6 Å². The van der Waals surface area contributed by atoms with E-state index in [1.807, 2.05) is 0 Å². The summed E-state index contributed by atoms with van der Waals surface area (Å²) in [5.74, 6) is 0. The second-order valence-corrected chi connectivity index (χ2v) is 7.67. The molecule has 0 rings (SSSR count). The summed E-state index contributed by atoms with van der Waals surface area (Å²) in [6.45, 7) is 6.07. The van der Waals surface area contributed by atoms with Gasteiger partial charge in [0.25, 0.3) is 0 Å². The molecule has 0 radical (unpaired) electrons. The average Bonchev–Trinajstić information content (AvgIpc) is 2.39. The molecule has 108 valence electrons. The van der Waals surface area contributed by atoms with Crippen molar-refractivity contribution in [2.75, 3.05) is 0 Å². The Morgan fingerprint density at radius 1 is 0.722 bits per heavy atom. The molecular formula is C17H34Se. The van der Waals surface area contributed by atoms with Crippen LogP contribution in [0.5, 0.6) is 0 Å².